The Bertz CT molecular complexity index is 576. The van der Waals surface area contributed by atoms with E-state index in [-0.39, 0.29) is 5.41 Å². The molecule has 1 saturated carbocycles. The maximum Gasteiger partial charge on any atom is 0.0670 e. The smallest absolute Gasteiger partial charge is 0.0670 e. The van der Waals surface area contributed by atoms with Crippen molar-refractivity contribution in [3.8, 4) is 0 Å². The van der Waals surface area contributed by atoms with Gasteiger partial charge in [0, 0.05) is 29.1 Å². The molecule has 0 bridgehead atoms. The largest absolute Gasteiger partial charge is 0.382 e. The van der Waals surface area contributed by atoms with Crippen LogP contribution in [-0.4, -0.2) is 29.0 Å². The Morgan fingerprint density at radius 1 is 1.47 bits per heavy atom. The van der Waals surface area contributed by atoms with Crippen LogP contribution in [0.15, 0.2) is 24.4 Å². The zero-order chi connectivity index (χ0) is 13.5. The maximum atomic E-state index is 5.76. The molecule has 4 nitrogen and oxygen atoms in total. The van der Waals surface area contributed by atoms with Gasteiger partial charge in [0.05, 0.1) is 17.8 Å². The van der Waals surface area contributed by atoms with Crippen LogP contribution >= 0.6 is 0 Å². The summed E-state index contributed by atoms with van der Waals surface area (Å²) in [6.07, 6.45) is 3.28. The van der Waals surface area contributed by atoms with Crippen molar-refractivity contribution < 1.29 is 4.74 Å². The standard InChI is InChI=1S/C15H21N3O/c1-4-19-14-8-13(15(14,2)3)17-11-6-5-10-9-16-18-12(10)7-11/h5-7,9,13-14,17H,4,8H2,1-3H3,(H,16,18). The molecule has 1 heterocycles. The summed E-state index contributed by atoms with van der Waals surface area (Å²) in [6.45, 7) is 7.39. The van der Waals surface area contributed by atoms with Gasteiger partial charge in [-0.25, -0.2) is 0 Å². The van der Waals surface area contributed by atoms with Gasteiger partial charge in [0.15, 0.2) is 0 Å². The number of hydrogen-bond donors (Lipinski definition) is 2. The minimum Gasteiger partial charge on any atom is -0.382 e. The van der Waals surface area contributed by atoms with Crippen LogP contribution < -0.4 is 5.32 Å². The molecule has 1 aliphatic rings. The quantitative estimate of drug-likeness (QED) is 0.886. The molecule has 0 spiro atoms. The van der Waals surface area contributed by atoms with Crippen LogP contribution in [0.25, 0.3) is 10.9 Å². The van der Waals surface area contributed by atoms with Crippen LogP contribution in [0.4, 0.5) is 5.69 Å². The van der Waals surface area contributed by atoms with Crippen molar-refractivity contribution in [3.05, 3.63) is 24.4 Å². The van der Waals surface area contributed by atoms with Crippen molar-refractivity contribution in [2.45, 2.75) is 39.3 Å². The molecule has 0 saturated heterocycles. The molecule has 2 atom stereocenters. The Hall–Kier alpha value is -1.55. The van der Waals surface area contributed by atoms with E-state index in [1.807, 2.05) is 6.20 Å². The van der Waals surface area contributed by atoms with Crippen LogP contribution in [0.2, 0.25) is 0 Å². The fourth-order valence-corrected chi connectivity index (χ4v) is 2.84. The van der Waals surface area contributed by atoms with Crippen molar-refractivity contribution in [2.24, 2.45) is 5.41 Å². The summed E-state index contributed by atoms with van der Waals surface area (Å²) in [5.74, 6) is 0. The fraction of sp³-hybridized carbons (Fsp3) is 0.533. The van der Waals surface area contributed by atoms with Crippen molar-refractivity contribution in [3.63, 3.8) is 0 Å². The molecular formula is C15H21N3O. The molecule has 4 heteroatoms. The van der Waals surface area contributed by atoms with Gasteiger partial charge in [-0.2, -0.15) is 5.10 Å². The van der Waals surface area contributed by atoms with E-state index in [9.17, 15) is 0 Å². The highest BCUT2D eigenvalue weighted by Crippen LogP contribution is 2.44. The topological polar surface area (TPSA) is 49.9 Å². The number of anilines is 1. The van der Waals surface area contributed by atoms with E-state index >= 15 is 0 Å². The van der Waals surface area contributed by atoms with E-state index < -0.39 is 0 Å². The molecular weight excluding hydrogens is 238 g/mol. The van der Waals surface area contributed by atoms with Gasteiger partial charge in [-0.05, 0) is 31.5 Å². The van der Waals surface area contributed by atoms with Crippen molar-refractivity contribution in [2.75, 3.05) is 11.9 Å². The highest BCUT2D eigenvalue weighted by Gasteiger charge is 2.48. The molecule has 19 heavy (non-hydrogen) atoms. The van der Waals surface area contributed by atoms with E-state index in [2.05, 4.69) is 54.5 Å². The number of ether oxygens (including phenoxy) is 1. The van der Waals surface area contributed by atoms with Crippen LogP contribution in [0.3, 0.4) is 0 Å². The van der Waals surface area contributed by atoms with Gasteiger partial charge < -0.3 is 10.1 Å². The van der Waals surface area contributed by atoms with Gasteiger partial charge >= 0.3 is 0 Å². The molecule has 3 rings (SSSR count). The number of aromatic amines is 1. The minimum atomic E-state index is 0.180. The summed E-state index contributed by atoms with van der Waals surface area (Å²) in [7, 11) is 0. The van der Waals surface area contributed by atoms with Crippen LogP contribution in [0.1, 0.15) is 27.2 Å². The van der Waals surface area contributed by atoms with Crippen LogP contribution in [-0.2, 0) is 4.74 Å². The first kappa shape index (κ1) is 12.5. The Morgan fingerprint density at radius 3 is 3.05 bits per heavy atom. The molecule has 1 aromatic heterocycles. The number of fused-ring (bicyclic) bond motifs is 1. The molecule has 0 radical (unpaired) electrons. The molecule has 102 valence electrons. The number of benzene rings is 1. The maximum absolute atomic E-state index is 5.76. The summed E-state index contributed by atoms with van der Waals surface area (Å²) in [4.78, 5) is 0. The normalized spacial score (nSPS) is 25.2. The Balaban J connectivity index is 1.72. The predicted octanol–water partition coefficient (Wildman–Crippen LogP) is 3.18. The summed E-state index contributed by atoms with van der Waals surface area (Å²) < 4.78 is 5.76. The van der Waals surface area contributed by atoms with Crippen LogP contribution in [0.5, 0.6) is 0 Å². The number of rotatable bonds is 4. The van der Waals surface area contributed by atoms with Gasteiger partial charge in [0.1, 0.15) is 0 Å². The molecule has 1 aliphatic carbocycles. The highest BCUT2D eigenvalue weighted by molar-refractivity contribution is 5.81. The monoisotopic (exact) mass is 259 g/mol. The number of nitrogens with zero attached hydrogens (tertiary/aromatic N) is 1. The first-order valence-electron chi connectivity index (χ1n) is 6.92. The lowest BCUT2D eigenvalue weighted by Crippen LogP contribution is -2.58. The van der Waals surface area contributed by atoms with E-state index in [1.54, 1.807) is 0 Å². The molecule has 0 amide bonds. The van der Waals surface area contributed by atoms with Gasteiger partial charge in [-0.15, -0.1) is 0 Å². The van der Waals surface area contributed by atoms with Crippen molar-refractivity contribution >= 4 is 16.6 Å². The highest BCUT2D eigenvalue weighted by atomic mass is 16.5. The first-order valence-corrected chi connectivity index (χ1v) is 6.92. The number of nitrogens with one attached hydrogen (secondary N) is 2. The third-order valence-electron chi connectivity index (χ3n) is 4.33. The summed E-state index contributed by atoms with van der Waals surface area (Å²) in [5, 5.41) is 11.8. The third kappa shape index (κ3) is 2.10. The van der Waals surface area contributed by atoms with Gasteiger partial charge in [0.25, 0.3) is 0 Å². The second-order valence-electron chi connectivity index (χ2n) is 5.87. The average Bonchev–Trinajstić information content (AvgIpc) is 2.85. The Labute approximate surface area is 113 Å². The lowest BCUT2D eigenvalue weighted by molar-refractivity contribution is -0.0975. The minimum absolute atomic E-state index is 0.180. The molecule has 1 aromatic carbocycles. The molecule has 0 aliphatic heterocycles. The molecule has 2 N–H and O–H groups in total. The van der Waals surface area contributed by atoms with Gasteiger partial charge in [-0.1, -0.05) is 13.8 Å². The van der Waals surface area contributed by atoms with E-state index in [4.69, 9.17) is 4.74 Å². The number of hydrogen-bond acceptors (Lipinski definition) is 3. The zero-order valence-electron chi connectivity index (χ0n) is 11.7. The third-order valence-corrected chi connectivity index (χ3v) is 4.33. The predicted molar refractivity (Wildman–Crippen MR) is 77.3 cm³/mol. The SMILES string of the molecule is CCOC1CC(Nc2ccc3cn[nH]c3c2)C1(C)C. The second-order valence-corrected chi connectivity index (χ2v) is 5.87. The van der Waals surface area contributed by atoms with Crippen LogP contribution in [0, 0.1) is 5.41 Å². The zero-order valence-corrected chi connectivity index (χ0v) is 11.7. The van der Waals surface area contributed by atoms with E-state index in [1.165, 1.54) is 0 Å². The van der Waals surface area contributed by atoms with E-state index in [0.29, 0.717) is 12.1 Å². The number of H-pyrrole nitrogens is 1. The van der Waals surface area contributed by atoms with Crippen molar-refractivity contribution in [1.29, 1.82) is 0 Å². The summed E-state index contributed by atoms with van der Waals surface area (Å²) in [5.41, 5.74) is 2.40. The van der Waals surface area contributed by atoms with Gasteiger partial charge in [0.2, 0.25) is 0 Å². The second kappa shape index (κ2) is 4.53. The molecule has 2 unspecified atom stereocenters. The van der Waals surface area contributed by atoms with Gasteiger partial charge in [-0.3, -0.25) is 5.10 Å². The Morgan fingerprint density at radius 2 is 2.32 bits per heavy atom. The lowest BCUT2D eigenvalue weighted by atomic mass is 9.64. The fourth-order valence-electron chi connectivity index (χ4n) is 2.84. The number of aromatic nitrogens is 2. The summed E-state index contributed by atoms with van der Waals surface area (Å²) >= 11 is 0. The molecule has 2 aromatic rings. The van der Waals surface area contributed by atoms with E-state index in [0.717, 1.165) is 29.6 Å². The Kier molecular flexibility index (Phi) is 2.97. The first-order chi connectivity index (χ1) is 9.11. The lowest BCUT2D eigenvalue weighted by Gasteiger charge is -2.52. The van der Waals surface area contributed by atoms with Crippen molar-refractivity contribution in [1.82, 2.24) is 10.2 Å². The average molecular weight is 259 g/mol. The summed E-state index contributed by atoms with van der Waals surface area (Å²) in [6, 6.07) is 6.78. The molecule has 1 fully saturated rings.